The van der Waals surface area contributed by atoms with E-state index in [9.17, 15) is 14.7 Å². The van der Waals surface area contributed by atoms with Crippen LogP contribution in [0.1, 0.15) is 38.8 Å². The van der Waals surface area contributed by atoms with Crippen LogP contribution in [0.25, 0.3) is 0 Å². The number of carboxylic acids is 1. The summed E-state index contributed by atoms with van der Waals surface area (Å²) in [7, 11) is 0. The lowest BCUT2D eigenvalue weighted by atomic mass is 9.95. The zero-order valence-corrected chi connectivity index (χ0v) is 12.0. The number of aryl methyl sites for hydroxylation is 2. The molecule has 1 aliphatic rings. The van der Waals surface area contributed by atoms with E-state index in [1.54, 1.807) is 30.9 Å². The maximum absolute atomic E-state index is 12.7. The molecule has 1 atom stereocenters. The van der Waals surface area contributed by atoms with Gasteiger partial charge in [-0.2, -0.15) is 0 Å². The molecular formula is C15H19NO4. The predicted octanol–water partition coefficient (Wildman–Crippen LogP) is 1.86. The van der Waals surface area contributed by atoms with E-state index < -0.39 is 5.97 Å². The number of rotatable bonds is 2. The molecule has 0 radical (unpaired) electrons. The second-order valence-corrected chi connectivity index (χ2v) is 5.18. The van der Waals surface area contributed by atoms with Gasteiger partial charge in [0.2, 0.25) is 0 Å². The third-order valence-corrected chi connectivity index (χ3v) is 3.68. The van der Waals surface area contributed by atoms with E-state index in [4.69, 9.17) is 4.74 Å². The maximum atomic E-state index is 12.7. The summed E-state index contributed by atoms with van der Waals surface area (Å²) in [5.74, 6) is -1.28. The number of carboxylic acid groups (broad SMARTS) is 1. The van der Waals surface area contributed by atoms with Crippen molar-refractivity contribution in [2.24, 2.45) is 0 Å². The highest BCUT2D eigenvalue weighted by molar-refractivity contribution is 6.06. The van der Waals surface area contributed by atoms with E-state index in [2.05, 4.69) is 0 Å². The molecule has 5 nitrogen and oxygen atoms in total. The molecule has 0 spiro atoms. The van der Waals surface area contributed by atoms with Crippen LogP contribution < -0.4 is 0 Å². The molecule has 0 bridgehead atoms. The molecule has 1 unspecified atom stereocenters. The average Bonchev–Trinajstić information content (AvgIpc) is 2.40. The lowest BCUT2D eigenvalue weighted by Crippen LogP contribution is -2.47. The summed E-state index contributed by atoms with van der Waals surface area (Å²) in [5.41, 5.74) is 1.70. The SMILES string of the molecule is Cc1ccc(C)c(C(=O)N2CCOCC2C)c1C(=O)O. The third-order valence-electron chi connectivity index (χ3n) is 3.68. The molecule has 0 aliphatic carbocycles. The van der Waals surface area contributed by atoms with E-state index in [0.717, 1.165) is 0 Å². The zero-order valence-electron chi connectivity index (χ0n) is 12.0. The second-order valence-electron chi connectivity index (χ2n) is 5.18. The van der Waals surface area contributed by atoms with E-state index in [1.165, 1.54) is 0 Å². The van der Waals surface area contributed by atoms with Crippen molar-refractivity contribution >= 4 is 11.9 Å². The molecular weight excluding hydrogens is 258 g/mol. The molecule has 1 aromatic carbocycles. The molecule has 1 aromatic rings. The summed E-state index contributed by atoms with van der Waals surface area (Å²) in [5, 5.41) is 9.39. The molecule has 5 heteroatoms. The molecule has 1 fully saturated rings. The Morgan fingerprint density at radius 1 is 1.25 bits per heavy atom. The summed E-state index contributed by atoms with van der Waals surface area (Å²) in [6.45, 7) is 6.85. The van der Waals surface area contributed by atoms with Crippen molar-refractivity contribution in [3.05, 3.63) is 34.4 Å². The van der Waals surface area contributed by atoms with Crippen LogP contribution in [0.5, 0.6) is 0 Å². The van der Waals surface area contributed by atoms with Crippen LogP contribution in [-0.4, -0.2) is 47.7 Å². The van der Waals surface area contributed by atoms with Gasteiger partial charge in [0, 0.05) is 6.54 Å². The molecule has 0 saturated carbocycles. The van der Waals surface area contributed by atoms with Gasteiger partial charge in [0.25, 0.3) is 5.91 Å². The fraction of sp³-hybridized carbons (Fsp3) is 0.467. The van der Waals surface area contributed by atoms with E-state index in [0.29, 0.717) is 36.4 Å². The lowest BCUT2D eigenvalue weighted by Gasteiger charge is -2.34. The quantitative estimate of drug-likeness (QED) is 0.896. The van der Waals surface area contributed by atoms with Crippen LogP contribution in [0.15, 0.2) is 12.1 Å². The predicted molar refractivity (Wildman–Crippen MR) is 74.2 cm³/mol. The lowest BCUT2D eigenvalue weighted by molar-refractivity contribution is 0.00341. The minimum Gasteiger partial charge on any atom is -0.478 e. The number of carbonyl (C=O) groups excluding carboxylic acids is 1. The van der Waals surface area contributed by atoms with Gasteiger partial charge in [0.1, 0.15) is 0 Å². The Bertz CT molecular complexity index is 553. The second kappa shape index (κ2) is 5.63. The number of benzene rings is 1. The summed E-state index contributed by atoms with van der Waals surface area (Å²) in [6.07, 6.45) is 0. The maximum Gasteiger partial charge on any atom is 0.336 e. The van der Waals surface area contributed by atoms with Gasteiger partial charge < -0.3 is 14.7 Å². The molecule has 1 aliphatic heterocycles. The smallest absolute Gasteiger partial charge is 0.336 e. The fourth-order valence-electron chi connectivity index (χ4n) is 2.53. The fourth-order valence-corrected chi connectivity index (χ4v) is 2.53. The topological polar surface area (TPSA) is 66.8 Å². The molecule has 0 aromatic heterocycles. The Kier molecular flexibility index (Phi) is 4.09. The van der Waals surface area contributed by atoms with Crippen molar-refractivity contribution < 1.29 is 19.4 Å². The van der Waals surface area contributed by atoms with Gasteiger partial charge in [-0.25, -0.2) is 4.79 Å². The van der Waals surface area contributed by atoms with E-state index in [-0.39, 0.29) is 17.5 Å². The van der Waals surface area contributed by atoms with Crippen molar-refractivity contribution in [2.75, 3.05) is 19.8 Å². The van der Waals surface area contributed by atoms with Crippen LogP contribution in [-0.2, 0) is 4.74 Å². The molecule has 2 rings (SSSR count). The number of hydrogen-bond acceptors (Lipinski definition) is 3. The number of amides is 1. The van der Waals surface area contributed by atoms with Crippen LogP contribution in [0.4, 0.5) is 0 Å². The van der Waals surface area contributed by atoms with Gasteiger partial charge >= 0.3 is 5.97 Å². The van der Waals surface area contributed by atoms with E-state index in [1.807, 2.05) is 6.92 Å². The van der Waals surface area contributed by atoms with Crippen molar-refractivity contribution in [3.8, 4) is 0 Å². The Morgan fingerprint density at radius 2 is 1.85 bits per heavy atom. The first-order valence-electron chi connectivity index (χ1n) is 6.65. The van der Waals surface area contributed by atoms with Gasteiger partial charge in [-0.1, -0.05) is 12.1 Å². The van der Waals surface area contributed by atoms with Crippen molar-refractivity contribution in [2.45, 2.75) is 26.8 Å². The number of aromatic carboxylic acids is 1. The van der Waals surface area contributed by atoms with Crippen LogP contribution in [0.3, 0.4) is 0 Å². The third kappa shape index (κ3) is 2.54. The zero-order chi connectivity index (χ0) is 14.9. The molecule has 1 N–H and O–H groups in total. The molecule has 1 saturated heterocycles. The van der Waals surface area contributed by atoms with Crippen LogP contribution in [0.2, 0.25) is 0 Å². The average molecular weight is 277 g/mol. The van der Waals surface area contributed by atoms with Gasteiger partial charge in [-0.3, -0.25) is 4.79 Å². The Balaban J connectivity index is 2.48. The molecule has 1 heterocycles. The summed E-state index contributed by atoms with van der Waals surface area (Å²) < 4.78 is 5.32. The first-order chi connectivity index (χ1) is 9.43. The molecule has 108 valence electrons. The van der Waals surface area contributed by atoms with Crippen molar-refractivity contribution in [3.63, 3.8) is 0 Å². The summed E-state index contributed by atoms with van der Waals surface area (Å²) in [6, 6.07) is 3.48. The Hall–Kier alpha value is -1.88. The Morgan fingerprint density at radius 3 is 2.40 bits per heavy atom. The number of carbonyl (C=O) groups is 2. The van der Waals surface area contributed by atoms with Crippen molar-refractivity contribution in [1.29, 1.82) is 0 Å². The largest absolute Gasteiger partial charge is 0.478 e. The van der Waals surface area contributed by atoms with Gasteiger partial charge in [0.05, 0.1) is 30.4 Å². The number of morpholine rings is 1. The molecule has 1 amide bonds. The number of hydrogen-bond donors (Lipinski definition) is 1. The van der Waals surface area contributed by atoms with Crippen LogP contribution in [0, 0.1) is 13.8 Å². The molecule has 20 heavy (non-hydrogen) atoms. The highest BCUT2D eigenvalue weighted by Crippen LogP contribution is 2.22. The minimum atomic E-state index is -1.06. The first-order valence-corrected chi connectivity index (χ1v) is 6.65. The highest BCUT2D eigenvalue weighted by atomic mass is 16.5. The highest BCUT2D eigenvalue weighted by Gasteiger charge is 2.29. The normalized spacial score (nSPS) is 18.9. The monoisotopic (exact) mass is 277 g/mol. The number of ether oxygens (including phenoxy) is 1. The minimum absolute atomic E-state index is 0.0437. The van der Waals surface area contributed by atoms with Crippen molar-refractivity contribution in [1.82, 2.24) is 4.90 Å². The standard InChI is InChI=1S/C15H19NO4/c1-9-4-5-10(2)13(15(18)19)12(9)14(17)16-6-7-20-8-11(16)3/h4-5,11H,6-8H2,1-3H3,(H,18,19). The first kappa shape index (κ1) is 14.5. The van der Waals surface area contributed by atoms with Crippen LogP contribution >= 0.6 is 0 Å². The number of nitrogens with zero attached hydrogens (tertiary/aromatic N) is 1. The Labute approximate surface area is 118 Å². The summed E-state index contributed by atoms with van der Waals surface area (Å²) in [4.78, 5) is 25.9. The van der Waals surface area contributed by atoms with Gasteiger partial charge in [0.15, 0.2) is 0 Å². The van der Waals surface area contributed by atoms with Gasteiger partial charge in [-0.05, 0) is 31.9 Å². The van der Waals surface area contributed by atoms with E-state index >= 15 is 0 Å². The van der Waals surface area contributed by atoms with Gasteiger partial charge in [-0.15, -0.1) is 0 Å². The summed E-state index contributed by atoms with van der Waals surface area (Å²) >= 11 is 0.